The van der Waals surface area contributed by atoms with E-state index < -0.39 is 0 Å². The Morgan fingerprint density at radius 2 is 2.00 bits per heavy atom. The van der Waals surface area contributed by atoms with E-state index in [4.69, 9.17) is 10.3 Å². The molecule has 0 saturated heterocycles. The van der Waals surface area contributed by atoms with Gasteiger partial charge in [0.25, 0.3) is 0 Å². The normalized spacial score (nSPS) is 10.7. The number of aryl methyl sites for hydroxylation is 2. The van der Waals surface area contributed by atoms with Crippen molar-refractivity contribution in [3.8, 4) is 0 Å². The van der Waals surface area contributed by atoms with E-state index in [0.717, 1.165) is 29.0 Å². The number of aromatic nitrogens is 1. The summed E-state index contributed by atoms with van der Waals surface area (Å²) in [5.41, 5.74) is 8.64. The van der Waals surface area contributed by atoms with Crippen LogP contribution < -0.4 is 5.73 Å². The minimum atomic E-state index is 0.141. The highest BCUT2D eigenvalue weighted by Crippen LogP contribution is 2.16. The first-order valence-corrected chi connectivity index (χ1v) is 8.05. The van der Waals surface area contributed by atoms with Gasteiger partial charge in [0, 0.05) is 25.1 Å². The molecule has 23 heavy (non-hydrogen) atoms. The number of amides is 1. The highest BCUT2D eigenvalue weighted by molar-refractivity contribution is 5.76. The van der Waals surface area contributed by atoms with Crippen LogP contribution >= 0.6 is 0 Å². The van der Waals surface area contributed by atoms with Crippen molar-refractivity contribution in [2.75, 3.05) is 13.1 Å². The summed E-state index contributed by atoms with van der Waals surface area (Å²) in [4.78, 5) is 14.5. The van der Waals surface area contributed by atoms with Crippen molar-refractivity contribution in [3.05, 3.63) is 52.9 Å². The van der Waals surface area contributed by atoms with Crippen molar-refractivity contribution in [3.63, 3.8) is 0 Å². The maximum Gasteiger partial charge on any atom is 0.223 e. The fraction of sp³-hybridized carbons (Fsp3) is 0.444. The number of rotatable bonds is 8. The molecule has 124 valence electrons. The Kier molecular flexibility index (Phi) is 6.35. The van der Waals surface area contributed by atoms with Gasteiger partial charge in [0.05, 0.1) is 5.69 Å². The number of nitrogens with two attached hydrogens (primary N) is 1. The topological polar surface area (TPSA) is 72.4 Å². The second-order valence-corrected chi connectivity index (χ2v) is 5.75. The second kappa shape index (κ2) is 8.48. The average Bonchev–Trinajstić information content (AvgIpc) is 2.88. The highest BCUT2D eigenvalue weighted by Gasteiger charge is 2.16. The summed E-state index contributed by atoms with van der Waals surface area (Å²) in [5, 5.41) is 3.94. The van der Waals surface area contributed by atoms with Crippen LogP contribution in [0.4, 0.5) is 0 Å². The van der Waals surface area contributed by atoms with E-state index in [0.29, 0.717) is 32.5 Å². The fourth-order valence-electron chi connectivity index (χ4n) is 2.63. The highest BCUT2D eigenvalue weighted by atomic mass is 16.5. The summed E-state index contributed by atoms with van der Waals surface area (Å²) in [6, 6.07) is 10.0. The molecule has 5 nitrogen and oxygen atoms in total. The summed E-state index contributed by atoms with van der Waals surface area (Å²) in [6.45, 7) is 5.69. The summed E-state index contributed by atoms with van der Waals surface area (Å²) in [6.07, 6.45) is 1.93. The summed E-state index contributed by atoms with van der Waals surface area (Å²) >= 11 is 0. The number of nitrogens with zero attached hydrogens (tertiary/aromatic N) is 2. The van der Waals surface area contributed by atoms with Crippen LogP contribution in [-0.2, 0) is 17.8 Å². The van der Waals surface area contributed by atoms with E-state index in [9.17, 15) is 4.79 Å². The Labute approximate surface area is 137 Å². The Hall–Kier alpha value is -2.14. The molecule has 1 aromatic heterocycles. The van der Waals surface area contributed by atoms with E-state index in [1.807, 2.05) is 49.1 Å². The zero-order valence-electron chi connectivity index (χ0n) is 13.9. The number of carbonyl (C=O) groups excluding carboxylic acids is 1. The smallest absolute Gasteiger partial charge is 0.223 e. The predicted octanol–water partition coefficient (Wildman–Crippen LogP) is 2.60. The first-order valence-electron chi connectivity index (χ1n) is 8.05. The molecule has 5 heteroatoms. The molecular formula is C18H25N3O2. The standard InChI is InChI=1S/C18H25N3O2/c1-14-17(15(2)23-20-14)9-10-18(22)21(12-6-11-19)13-16-7-4-3-5-8-16/h3-5,7-8H,6,9-13,19H2,1-2H3. The van der Waals surface area contributed by atoms with Crippen molar-refractivity contribution in [1.82, 2.24) is 10.1 Å². The predicted molar refractivity (Wildman–Crippen MR) is 89.8 cm³/mol. The van der Waals surface area contributed by atoms with Gasteiger partial charge >= 0.3 is 0 Å². The van der Waals surface area contributed by atoms with Gasteiger partial charge in [0.2, 0.25) is 5.91 Å². The SMILES string of the molecule is Cc1noc(C)c1CCC(=O)N(CCCN)Cc1ccccc1. The summed E-state index contributed by atoms with van der Waals surface area (Å²) < 4.78 is 5.16. The van der Waals surface area contributed by atoms with Crippen molar-refractivity contribution in [2.45, 2.75) is 39.7 Å². The third-order valence-electron chi connectivity index (χ3n) is 3.97. The van der Waals surface area contributed by atoms with Gasteiger partial charge in [-0.1, -0.05) is 35.5 Å². The molecule has 1 amide bonds. The van der Waals surface area contributed by atoms with Gasteiger partial charge in [0.15, 0.2) is 0 Å². The minimum Gasteiger partial charge on any atom is -0.361 e. The molecule has 2 N–H and O–H groups in total. The zero-order valence-corrected chi connectivity index (χ0v) is 13.9. The lowest BCUT2D eigenvalue weighted by Gasteiger charge is -2.23. The fourth-order valence-corrected chi connectivity index (χ4v) is 2.63. The number of hydrogen-bond acceptors (Lipinski definition) is 4. The van der Waals surface area contributed by atoms with Crippen LogP contribution in [0.3, 0.4) is 0 Å². The Morgan fingerprint density at radius 3 is 2.61 bits per heavy atom. The van der Waals surface area contributed by atoms with Gasteiger partial charge < -0.3 is 15.2 Å². The molecular weight excluding hydrogens is 290 g/mol. The molecule has 0 aliphatic carbocycles. The van der Waals surface area contributed by atoms with Gasteiger partial charge in [-0.25, -0.2) is 0 Å². The quantitative estimate of drug-likeness (QED) is 0.812. The van der Waals surface area contributed by atoms with Crippen LogP contribution in [0.1, 0.15) is 35.4 Å². The maximum absolute atomic E-state index is 12.6. The zero-order chi connectivity index (χ0) is 16.7. The van der Waals surface area contributed by atoms with Crippen LogP contribution in [0.15, 0.2) is 34.9 Å². The third kappa shape index (κ3) is 4.93. The van der Waals surface area contributed by atoms with Gasteiger partial charge in [-0.2, -0.15) is 0 Å². The van der Waals surface area contributed by atoms with Crippen molar-refractivity contribution < 1.29 is 9.32 Å². The van der Waals surface area contributed by atoms with E-state index in [2.05, 4.69) is 5.16 Å². The van der Waals surface area contributed by atoms with Crippen LogP contribution in [0, 0.1) is 13.8 Å². The first-order chi connectivity index (χ1) is 11.1. The van der Waals surface area contributed by atoms with Crippen LogP contribution in [0.2, 0.25) is 0 Å². The lowest BCUT2D eigenvalue weighted by Crippen LogP contribution is -2.32. The van der Waals surface area contributed by atoms with Gasteiger partial charge in [-0.3, -0.25) is 4.79 Å². The summed E-state index contributed by atoms with van der Waals surface area (Å²) in [7, 11) is 0. The molecule has 0 saturated carbocycles. The Balaban J connectivity index is 1.98. The van der Waals surface area contributed by atoms with Crippen molar-refractivity contribution in [1.29, 1.82) is 0 Å². The Morgan fingerprint density at radius 1 is 1.26 bits per heavy atom. The van der Waals surface area contributed by atoms with Gasteiger partial charge in [0.1, 0.15) is 5.76 Å². The molecule has 0 spiro atoms. The van der Waals surface area contributed by atoms with E-state index in [1.54, 1.807) is 0 Å². The first kappa shape index (κ1) is 17.2. The molecule has 1 aromatic carbocycles. The number of carbonyl (C=O) groups is 1. The van der Waals surface area contributed by atoms with E-state index >= 15 is 0 Å². The van der Waals surface area contributed by atoms with E-state index in [1.165, 1.54) is 0 Å². The number of hydrogen-bond donors (Lipinski definition) is 1. The van der Waals surface area contributed by atoms with Crippen LogP contribution in [-0.4, -0.2) is 29.1 Å². The molecule has 0 atom stereocenters. The second-order valence-electron chi connectivity index (χ2n) is 5.75. The summed E-state index contributed by atoms with van der Waals surface area (Å²) in [5.74, 6) is 0.939. The van der Waals surface area contributed by atoms with Crippen LogP contribution in [0.25, 0.3) is 0 Å². The van der Waals surface area contributed by atoms with Gasteiger partial charge in [-0.05, 0) is 38.8 Å². The van der Waals surface area contributed by atoms with Crippen LogP contribution in [0.5, 0.6) is 0 Å². The maximum atomic E-state index is 12.6. The molecule has 0 unspecified atom stereocenters. The van der Waals surface area contributed by atoms with Crippen molar-refractivity contribution in [2.24, 2.45) is 5.73 Å². The third-order valence-corrected chi connectivity index (χ3v) is 3.97. The number of benzene rings is 1. The molecule has 0 aliphatic heterocycles. The largest absolute Gasteiger partial charge is 0.361 e. The molecule has 0 radical (unpaired) electrons. The Bertz CT molecular complexity index is 603. The average molecular weight is 315 g/mol. The lowest BCUT2D eigenvalue weighted by molar-refractivity contribution is -0.131. The van der Waals surface area contributed by atoms with Gasteiger partial charge in [-0.15, -0.1) is 0 Å². The molecule has 0 bridgehead atoms. The molecule has 1 heterocycles. The monoisotopic (exact) mass is 315 g/mol. The van der Waals surface area contributed by atoms with E-state index in [-0.39, 0.29) is 5.91 Å². The molecule has 2 aromatic rings. The minimum absolute atomic E-state index is 0.141. The molecule has 0 aliphatic rings. The molecule has 0 fully saturated rings. The molecule has 2 rings (SSSR count). The van der Waals surface area contributed by atoms with Crippen molar-refractivity contribution >= 4 is 5.91 Å². The lowest BCUT2D eigenvalue weighted by atomic mass is 10.1.